The number of methoxy groups -OCH3 is 3. The molecular formula is C33H37N3O5. The molecule has 8 nitrogen and oxygen atoms in total. The van der Waals surface area contributed by atoms with Crippen molar-refractivity contribution in [2.75, 3.05) is 52.4 Å². The lowest BCUT2D eigenvalue weighted by atomic mass is 9.95. The van der Waals surface area contributed by atoms with Gasteiger partial charge in [-0.05, 0) is 65.6 Å². The lowest BCUT2D eigenvalue weighted by molar-refractivity contribution is -0.119. The number of rotatable bonds is 7. The van der Waals surface area contributed by atoms with Gasteiger partial charge in [-0.15, -0.1) is 0 Å². The van der Waals surface area contributed by atoms with E-state index in [0.717, 1.165) is 54.0 Å². The fourth-order valence-corrected chi connectivity index (χ4v) is 5.83. The smallest absolute Gasteiger partial charge is 0.217 e. The monoisotopic (exact) mass is 555 g/mol. The predicted molar refractivity (Wildman–Crippen MR) is 162 cm³/mol. The van der Waals surface area contributed by atoms with Crippen molar-refractivity contribution in [3.8, 4) is 28.4 Å². The van der Waals surface area contributed by atoms with E-state index in [1.807, 2.05) is 36.4 Å². The number of nitrogens with one attached hydrogen (secondary N) is 1. The van der Waals surface area contributed by atoms with Crippen molar-refractivity contribution in [3.05, 3.63) is 87.7 Å². The molecule has 2 aliphatic rings. The second kappa shape index (κ2) is 12.4. The minimum atomic E-state index is -0.329. The van der Waals surface area contributed by atoms with Crippen molar-refractivity contribution in [2.24, 2.45) is 0 Å². The molecule has 1 heterocycles. The Labute approximate surface area is 241 Å². The number of benzene rings is 2. The standard InChI is InChI=1S/C33H37N3O5/c1-22(37)34-27-12-10-24-20-30(39-2)32(40-3)33(41-4)31(24)25-11-13-28(29(38)21-26(25)27)36-18-16-35(17-19-36)15-14-23-8-6-5-7-9-23/h5-9,11,13-15,20-21,27H,10,12,16-19H2,1-4H3,(H,34,37)/b15-14+/t27-/m0/s1. The first-order chi connectivity index (χ1) is 19.9. The Hall–Kier alpha value is -4.46. The molecule has 3 aromatic rings. The van der Waals surface area contributed by atoms with Crippen LogP contribution in [0.5, 0.6) is 17.2 Å². The summed E-state index contributed by atoms with van der Waals surface area (Å²) in [4.78, 5) is 30.4. The summed E-state index contributed by atoms with van der Waals surface area (Å²) in [6, 6.07) is 17.5. The predicted octanol–water partition coefficient (Wildman–Crippen LogP) is 4.66. The molecule has 0 aromatic heterocycles. The molecule has 5 rings (SSSR count). The largest absolute Gasteiger partial charge is 0.493 e. The number of carbonyl (C=O) groups excluding carboxylic acids is 1. The molecule has 8 heteroatoms. The van der Waals surface area contributed by atoms with Crippen molar-refractivity contribution in [2.45, 2.75) is 25.8 Å². The maximum absolute atomic E-state index is 13.8. The number of anilines is 1. The van der Waals surface area contributed by atoms with E-state index >= 15 is 0 Å². The Morgan fingerprint density at radius 3 is 2.32 bits per heavy atom. The van der Waals surface area contributed by atoms with Gasteiger partial charge in [0.15, 0.2) is 11.5 Å². The van der Waals surface area contributed by atoms with Crippen molar-refractivity contribution in [3.63, 3.8) is 0 Å². The molecule has 0 saturated carbocycles. The van der Waals surface area contributed by atoms with E-state index in [1.165, 1.54) is 6.92 Å². The molecule has 214 valence electrons. The average Bonchev–Trinajstić information content (AvgIpc) is 3.24. The van der Waals surface area contributed by atoms with Crippen LogP contribution in [0.25, 0.3) is 17.2 Å². The molecule has 1 aliphatic heterocycles. The van der Waals surface area contributed by atoms with E-state index < -0.39 is 0 Å². The first kappa shape index (κ1) is 28.1. The lowest BCUT2D eigenvalue weighted by Crippen LogP contribution is -2.45. The van der Waals surface area contributed by atoms with Crippen LogP contribution in [0.15, 0.2) is 65.6 Å². The van der Waals surface area contributed by atoms with Gasteiger partial charge in [-0.2, -0.15) is 0 Å². The van der Waals surface area contributed by atoms with Crippen LogP contribution in [0.3, 0.4) is 0 Å². The summed E-state index contributed by atoms with van der Waals surface area (Å²) in [5.41, 5.74) is 5.20. The molecule has 1 fully saturated rings. The van der Waals surface area contributed by atoms with E-state index in [9.17, 15) is 9.59 Å². The van der Waals surface area contributed by atoms with Crippen molar-refractivity contribution >= 4 is 17.7 Å². The van der Waals surface area contributed by atoms with Gasteiger partial charge >= 0.3 is 0 Å². The van der Waals surface area contributed by atoms with Crippen LogP contribution >= 0.6 is 0 Å². The zero-order valence-corrected chi connectivity index (χ0v) is 24.1. The number of amides is 1. The number of aryl methyl sites for hydroxylation is 1. The van der Waals surface area contributed by atoms with Crippen LogP contribution in [-0.2, 0) is 11.2 Å². The molecule has 1 aliphatic carbocycles. The topological polar surface area (TPSA) is 80.3 Å². The van der Waals surface area contributed by atoms with Crippen LogP contribution < -0.4 is 29.9 Å². The molecule has 0 radical (unpaired) electrons. The van der Waals surface area contributed by atoms with Crippen molar-refractivity contribution < 1.29 is 19.0 Å². The summed E-state index contributed by atoms with van der Waals surface area (Å²) in [5, 5.41) is 3.07. The number of ether oxygens (including phenoxy) is 3. The van der Waals surface area contributed by atoms with E-state index in [2.05, 4.69) is 39.5 Å². The van der Waals surface area contributed by atoms with Crippen LogP contribution in [0.1, 0.15) is 36.1 Å². The van der Waals surface area contributed by atoms with Crippen LogP contribution in [0.4, 0.5) is 5.69 Å². The van der Waals surface area contributed by atoms with Crippen molar-refractivity contribution in [1.82, 2.24) is 10.2 Å². The average molecular weight is 556 g/mol. The molecule has 1 atom stereocenters. The Bertz CT molecular complexity index is 1500. The summed E-state index contributed by atoms with van der Waals surface area (Å²) in [6.45, 7) is 4.57. The molecular weight excluding hydrogens is 518 g/mol. The van der Waals surface area contributed by atoms with Gasteiger partial charge in [0.05, 0.1) is 33.1 Å². The molecule has 1 N–H and O–H groups in total. The first-order valence-corrected chi connectivity index (χ1v) is 13.9. The highest BCUT2D eigenvalue weighted by Gasteiger charge is 2.30. The summed E-state index contributed by atoms with van der Waals surface area (Å²) in [5.74, 6) is 1.47. The summed E-state index contributed by atoms with van der Waals surface area (Å²) in [6.07, 6.45) is 5.53. The zero-order valence-electron chi connectivity index (χ0n) is 24.1. The second-order valence-electron chi connectivity index (χ2n) is 10.3. The maximum atomic E-state index is 13.8. The summed E-state index contributed by atoms with van der Waals surface area (Å²) in [7, 11) is 4.78. The highest BCUT2D eigenvalue weighted by Crippen LogP contribution is 2.50. The van der Waals surface area contributed by atoms with Gasteiger partial charge in [0.25, 0.3) is 0 Å². The Morgan fingerprint density at radius 2 is 1.66 bits per heavy atom. The van der Waals surface area contributed by atoms with Gasteiger partial charge in [-0.3, -0.25) is 9.59 Å². The number of carbonyl (C=O) groups is 1. The van der Waals surface area contributed by atoms with Crippen LogP contribution in [0, 0.1) is 0 Å². The first-order valence-electron chi connectivity index (χ1n) is 13.9. The summed E-state index contributed by atoms with van der Waals surface area (Å²) < 4.78 is 17.2. The molecule has 1 saturated heterocycles. The van der Waals surface area contributed by atoms with Gasteiger partial charge < -0.3 is 29.3 Å². The Balaban J connectivity index is 1.53. The highest BCUT2D eigenvalue weighted by atomic mass is 16.5. The Kier molecular flexibility index (Phi) is 8.47. The molecule has 3 aromatic carbocycles. The maximum Gasteiger partial charge on any atom is 0.217 e. The fourth-order valence-electron chi connectivity index (χ4n) is 5.83. The third-order valence-electron chi connectivity index (χ3n) is 7.83. The van der Waals surface area contributed by atoms with E-state index in [4.69, 9.17) is 14.2 Å². The van der Waals surface area contributed by atoms with Crippen LogP contribution in [0.2, 0.25) is 0 Å². The number of hydrogen-bond donors (Lipinski definition) is 1. The van der Waals surface area contributed by atoms with Gasteiger partial charge in [0, 0.05) is 38.7 Å². The zero-order chi connectivity index (χ0) is 28.9. The lowest BCUT2D eigenvalue weighted by Gasteiger charge is -2.35. The quantitative estimate of drug-likeness (QED) is 0.454. The molecule has 41 heavy (non-hydrogen) atoms. The number of nitrogens with zero attached hydrogens (tertiary/aromatic N) is 2. The molecule has 1 amide bonds. The Morgan fingerprint density at radius 1 is 0.927 bits per heavy atom. The number of piperazine rings is 1. The SMILES string of the molecule is COc1cc2c(c(OC)c1OC)-c1ccc(N3CCN(/C=C/c4ccccc4)CC3)c(=O)cc1[C@@H](NC(C)=O)CC2. The normalized spacial score (nSPS) is 16.4. The molecule has 0 bridgehead atoms. The minimum Gasteiger partial charge on any atom is -0.493 e. The molecule has 0 unspecified atom stereocenters. The third-order valence-corrected chi connectivity index (χ3v) is 7.83. The fraction of sp³-hybridized carbons (Fsp3) is 0.333. The number of fused-ring (bicyclic) bond motifs is 3. The van der Waals surface area contributed by atoms with E-state index in [0.29, 0.717) is 35.8 Å². The van der Waals surface area contributed by atoms with Crippen LogP contribution in [-0.4, -0.2) is 58.3 Å². The van der Waals surface area contributed by atoms with Crippen molar-refractivity contribution in [1.29, 1.82) is 0 Å². The van der Waals surface area contributed by atoms with Gasteiger partial charge in [0.1, 0.15) is 0 Å². The third kappa shape index (κ3) is 5.87. The highest BCUT2D eigenvalue weighted by molar-refractivity contribution is 5.83. The van der Waals surface area contributed by atoms with E-state index in [-0.39, 0.29) is 17.4 Å². The van der Waals surface area contributed by atoms with E-state index in [1.54, 1.807) is 27.4 Å². The minimum absolute atomic E-state index is 0.0715. The number of hydrogen-bond acceptors (Lipinski definition) is 7. The second-order valence-corrected chi connectivity index (χ2v) is 10.3. The van der Waals surface area contributed by atoms with Gasteiger partial charge in [-0.25, -0.2) is 0 Å². The summed E-state index contributed by atoms with van der Waals surface area (Å²) >= 11 is 0. The van der Waals surface area contributed by atoms with Gasteiger partial charge in [-0.1, -0.05) is 36.4 Å². The van der Waals surface area contributed by atoms with Gasteiger partial charge in [0.2, 0.25) is 17.1 Å². The molecule has 0 spiro atoms.